The van der Waals surface area contributed by atoms with Gasteiger partial charge in [0.05, 0.1) is 6.26 Å². The topological polar surface area (TPSA) is 80.3 Å². The van der Waals surface area contributed by atoms with Crippen LogP contribution in [0.1, 0.15) is 5.76 Å². The Bertz CT molecular complexity index is 1470. The smallest absolute Gasteiger partial charge is 0.250 e. The van der Waals surface area contributed by atoms with Crippen LogP contribution >= 0.6 is 12.2 Å². The maximum absolute atomic E-state index is 12.0. The number of hydrogen-bond donors (Lipinski definition) is 2. The van der Waals surface area contributed by atoms with E-state index in [1.54, 1.807) is 18.2 Å². The van der Waals surface area contributed by atoms with Gasteiger partial charge in [-0.15, -0.1) is 0 Å². The Labute approximate surface area is 188 Å². The van der Waals surface area contributed by atoms with Gasteiger partial charge in [-0.2, -0.15) is 0 Å². The zero-order valence-electron chi connectivity index (χ0n) is 16.7. The lowest BCUT2D eigenvalue weighted by atomic mass is 10.1. The average Bonchev–Trinajstić information content (AvgIpc) is 3.48. The molecule has 3 aromatic carbocycles. The van der Waals surface area contributed by atoms with Crippen molar-refractivity contribution in [2.24, 2.45) is 0 Å². The third-order valence-electron chi connectivity index (χ3n) is 4.83. The summed E-state index contributed by atoms with van der Waals surface area (Å²) in [5, 5.41) is 7.95. The first-order valence-corrected chi connectivity index (χ1v) is 10.3. The molecule has 6 nitrogen and oxygen atoms in total. The first-order chi connectivity index (χ1) is 15.7. The van der Waals surface area contributed by atoms with E-state index in [-0.39, 0.29) is 11.0 Å². The van der Waals surface area contributed by atoms with Gasteiger partial charge in [0.2, 0.25) is 11.8 Å². The number of aromatic nitrogens is 1. The van der Waals surface area contributed by atoms with E-state index in [9.17, 15) is 4.79 Å². The minimum atomic E-state index is -0.360. The monoisotopic (exact) mass is 439 g/mol. The fraction of sp³-hybridized carbons (Fsp3) is 0. The number of oxazole rings is 1. The van der Waals surface area contributed by atoms with Crippen LogP contribution in [0.2, 0.25) is 0 Å². The maximum atomic E-state index is 12.0. The second-order valence-electron chi connectivity index (χ2n) is 7.03. The Morgan fingerprint density at radius 1 is 1.00 bits per heavy atom. The lowest BCUT2D eigenvalue weighted by Gasteiger charge is -2.08. The summed E-state index contributed by atoms with van der Waals surface area (Å²) in [6.07, 6.45) is 4.46. The summed E-state index contributed by atoms with van der Waals surface area (Å²) in [7, 11) is 0. The first-order valence-electron chi connectivity index (χ1n) is 9.88. The van der Waals surface area contributed by atoms with Crippen LogP contribution in [-0.4, -0.2) is 16.0 Å². The van der Waals surface area contributed by atoms with Gasteiger partial charge in [-0.05, 0) is 60.1 Å². The van der Waals surface area contributed by atoms with Gasteiger partial charge in [-0.25, -0.2) is 4.98 Å². The summed E-state index contributed by atoms with van der Waals surface area (Å²) in [6, 6.07) is 23.0. The van der Waals surface area contributed by atoms with E-state index in [0.717, 1.165) is 27.4 Å². The summed E-state index contributed by atoms with van der Waals surface area (Å²) in [5.41, 5.74) is 3.04. The average molecular weight is 439 g/mol. The van der Waals surface area contributed by atoms with Gasteiger partial charge in [0, 0.05) is 22.7 Å². The Morgan fingerprint density at radius 3 is 2.78 bits per heavy atom. The molecule has 0 spiro atoms. The molecule has 0 saturated carbocycles. The van der Waals surface area contributed by atoms with Gasteiger partial charge in [0.1, 0.15) is 11.3 Å². The van der Waals surface area contributed by atoms with Crippen LogP contribution in [0.25, 0.3) is 39.4 Å². The van der Waals surface area contributed by atoms with E-state index in [1.165, 1.54) is 12.3 Å². The molecule has 2 N–H and O–H groups in total. The largest absolute Gasteiger partial charge is 0.465 e. The van der Waals surface area contributed by atoms with Crippen molar-refractivity contribution in [3.63, 3.8) is 0 Å². The molecule has 0 saturated heterocycles. The van der Waals surface area contributed by atoms with Crippen LogP contribution in [0.4, 0.5) is 5.69 Å². The maximum Gasteiger partial charge on any atom is 0.250 e. The summed E-state index contributed by atoms with van der Waals surface area (Å²) in [4.78, 5) is 16.8. The zero-order valence-corrected chi connectivity index (χ0v) is 17.6. The number of furan rings is 1. The highest BCUT2D eigenvalue weighted by Crippen LogP contribution is 2.30. The molecule has 5 aromatic rings. The molecule has 5 rings (SSSR count). The van der Waals surface area contributed by atoms with Crippen molar-refractivity contribution in [1.82, 2.24) is 10.3 Å². The summed E-state index contributed by atoms with van der Waals surface area (Å²) in [6.45, 7) is 0. The van der Waals surface area contributed by atoms with Crippen molar-refractivity contribution >= 4 is 56.9 Å². The van der Waals surface area contributed by atoms with E-state index < -0.39 is 0 Å². The summed E-state index contributed by atoms with van der Waals surface area (Å²) >= 11 is 5.25. The third-order valence-corrected chi connectivity index (χ3v) is 5.03. The standard InChI is InChI=1S/C25H17N3O3S/c29-22(13-11-19-8-4-14-30-19)27-25(32)26-18-7-3-6-17(15-18)24-28-23-20-9-2-1-5-16(20)10-12-21(23)31-24/h1-15H,(H2,26,27,29,32)/b13-11+. The van der Waals surface area contributed by atoms with Gasteiger partial charge in [-0.3, -0.25) is 10.1 Å². The number of nitrogens with one attached hydrogen (secondary N) is 2. The molecule has 0 aliphatic rings. The number of fused-ring (bicyclic) bond motifs is 3. The lowest BCUT2D eigenvalue weighted by molar-refractivity contribution is -0.115. The van der Waals surface area contributed by atoms with Gasteiger partial charge in [0.15, 0.2) is 10.7 Å². The molecule has 0 unspecified atom stereocenters. The summed E-state index contributed by atoms with van der Waals surface area (Å²) in [5.74, 6) is 0.732. The van der Waals surface area contributed by atoms with Gasteiger partial charge >= 0.3 is 0 Å². The number of thiocarbonyl (C=S) groups is 1. The quantitative estimate of drug-likeness (QED) is 0.273. The normalized spacial score (nSPS) is 11.2. The van der Waals surface area contributed by atoms with E-state index in [2.05, 4.69) is 10.6 Å². The van der Waals surface area contributed by atoms with Gasteiger partial charge < -0.3 is 14.2 Å². The predicted octanol–water partition coefficient (Wildman–Crippen LogP) is 5.77. The third kappa shape index (κ3) is 4.14. The lowest BCUT2D eigenvalue weighted by Crippen LogP contribution is -2.32. The second-order valence-corrected chi connectivity index (χ2v) is 7.43. The Balaban J connectivity index is 1.33. The number of carbonyl (C=O) groups excluding carboxylic acids is 1. The second kappa shape index (κ2) is 8.49. The number of hydrogen-bond acceptors (Lipinski definition) is 5. The fourth-order valence-electron chi connectivity index (χ4n) is 3.37. The molecule has 32 heavy (non-hydrogen) atoms. The molecule has 0 fully saturated rings. The van der Waals surface area contributed by atoms with Crippen LogP contribution in [0.5, 0.6) is 0 Å². The van der Waals surface area contributed by atoms with Gasteiger partial charge in [-0.1, -0.05) is 36.4 Å². The Kier molecular flexibility index (Phi) is 5.23. The highest BCUT2D eigenvalue weighted by molar-refractivity contribution is 7.80. The highest BCUT2D eigenvalue weighted by Gasteiger charge is 2.12. The van der Waals surface area contributed by atoms with Crippen molar-refractivity contribution in [3.05, 3.63) is 90.9 Å². The van der Waals surface area contributed by atoms with Crippen LogP contribution in [0.3, 0.4) is 0 Å². The molecule has 7 heteroatoms. The van der Waals surface area contributed by atoms with E-state index in [1.807, 2.05) is 60.7 Å². The highest BCUT2D eigenvalue weighted by atomic mass is 32.1. The van der Waals surface area contributed by atoms with Crippen LogP contribution in [0, 0.1) is 0 Å². The van der Waals surface area contributed by atoms with Crippen molar-refractivity contribution in [3.8, 4) is 11.5 Å². The molecule has 0 radical (unpaired) electrons. The van der Waals surface area contributed by atoms with Crippen LogP contribution in [0.15, 0.2) is 94.0 Å². The van der Waals surface area contributed by atoms with Crippen molar-refractivity contribution in [2.75, 3.05) is 5.32 Å². The van der Waals surface area contributed by atoms with E-state index >= 15 is 0 Å². The van der Waals surface area contributed by atoms with E-state index in [4.69, 9.17) is 26.0 Å². The molecule has 2 aromatic heterocycles. The molecule has 1 amide bonds. The molecular weight excluding hydrogens is 422 g/mol. The number of anilines is 1. The predicted molar refractivity (Wildman–Crippen MR) is 129 cm³/mol. The number of benzene rings is 3. The molecule has 0 aliphatic carbocycles. The van der Waals surface area contributed by atoms with Crippen LogP contribution < -0.4 is 10.6 Å². The van der Waals surface area contributed by atoms with E-state index in [0.29, 0.717) is 17.3 Å². The molecular formula is C25H17N3O3S. The molecule has 0 atom stereocenters. The SMILES string of the molecule is O=C(/C=C/c1ccco1)NC(=S)Nc1cccc(-c2nc3c(ccc4ccccc43)o2)c1. The minimum Gasteiger partial charge on any atom is -0.465 e. The van der Waals surface area contributed by atoms with Crippen molar-refractivity contribution in [1.29, 1.82) is 0 Å². The zero-order chi connectivity index (χ0) is 21.9. The number of nitrogens with zero attached hydrogens (tertiary/aromatic N) is 1. The van der Waals surface area contributed by atoms with Crippen LogP contribution in [-0.2, 0) is 4.79 Å². The first kappa shape index (κ1) is 19.7. The number of amides is 1. The van der Waals surface area contributed by atoms with Gasteiger partial charge in [0.25, 0.3) is 0 Å². The fourth-order valence-corrected chi connectivity index (χ4v) is 3.59. The summed E-state index contributed by atoms with van der Waals surface area (Å²) < 4.78 is 11.1. The Morgan fingerprint density at radius 2 is 1.91 bits per heavy atom. The van der Waals surface area contributed by atoms with Crippen molar-refractivity contribution in [2.45, 2.75) is 0 Å². The minimum absolute atomic E-state index is 0.180. The number of rotatable bonds is 4. The molecule has 2 heterocycles. The molecule has 156 valence electrons. The Hall–Kier alpha value is -4.23. The number of carbonyl (C=O) groups is 1. The molecule has 0 aliphatic heterocycles. The van der Waals surface area contributed by atoms with Crippen molar-refractivity contribution < 1.29 is 13.6 Å². The molecule has 0 bridgehead atoms.